The lowest BCUT2D eigenvalue weighted by Gasteiger charge is -2.36. The molecule has 0 bridgehead atoms. The van der Waals surface area contributed by atoms with E-state index in [0.29, 0.717) is 19.7 Å². The lowest BCUT2D eigenvalue weighted by atomic mass is 10.2. The Kier molecular flexibility index (Phi) is 6.13. The quantitative estimate of drug-likeness (QED) is 0.690. The Morgan fingerprint density at radius 3 is 2.43 bits per heavy atom. The third-order valence-electron chi connectivity index (χ3n) is 5.28. The van der Waals surface area contributed by atoms with Crippen LogP contribution in [-0.4, -0.2) is 42.1 Å². The molecule has 0 atom stereocenters. The number of piperazine rings is 1. The second kappa shape index (κ2) is 9.31. The van der Waals surface area contributed by atoms with Gasteiger partial charge in [0, 0.05) is 49.9 Å². The number of hydrogen-bond acceptors (Lipinski definition) is 4. The molecule has 1 aromatic heterocycles. The van der Waals surface area contributed by atoms with E-state index in [9.17, 15) is 4.79 Å². The maximum absolute atomic E-state index is 12.7. The predicted molar refractivity (Wildman–Crippen MR) is 119 cm³/mol. The number of rotatable bonds is 5. The van der Waals surface area contributed by atoms with Crippen LogP contribution in [0.15, 0.2) is 73.1 Å². The van der Waals surface area contributed by atoms with Crippen LogP contribution < -0.4 is 15.0 Å². The number of nitrogens with one attached hydrogen (secondary N) is 1. The molecule has 3 aromatic rings. The molecule has 0 unspecified atom stereocenters. The fourth-order valence-corrected chi connectivity index (χ4v) is 3.52. The van der Waals surface area contributed by atoms with Crippen LogP contribution in [0.2, 0.25) is 0 Å². The lowest BCUT2D eigenvalue weighted by Crippen LogP contribution is -2.50. The molecule has 1 aliphatic rings. The number of pyridine rings is 1. The molecule has 1 N–H and O–H groups in total. The van der Waals surface area contributed by atoms with Crippen LogP contribution in [0.5, 0.6) is 5.75 Å². The van der Waals surface area contributed by atoms with Gasteiger partial charge >= 0.3 is 6.03 Å². The van der Waals surface area contributed by atoms with Gasteiger partial charge in [-0.25, -0.2) is 4.79 Å². The minimum Gasteiger partial charge on any atom is -0.489 e. The summed E-state index contributed by atoms with van der Waals surface area (Å²) in [5.41, 5.74) is 4.05. The van der Waals surface area contributed by atoms with Gasteiger partial charge in [-0.05, 0) is 48.4 Å². The van der Waals surface area contributed by atoms with Crippen LogP contribution in [-0.2, 0) is 6.61 Å². The van der Waals surface area contributed by atoms with Gasteiger partial charge in [0.1, 0.15) is 12.4 Å². The Morgan fingerprint density at radius 1 is 1.00 bits per heavy atom. The number of hydrogen-bond donors (Lipinski definition) is 1. The summed E-state index contributed by atoms with van der Waals surface area (Å²) in [5.74, 6) is 0.792. The minimum atomic E-state index is -0.0644. The maximum atomic E-state index is 12.7. The molecular formula is C24H26N4O2. The molecule has 154 valence electrons. The lowest BCUT2D eigenvalue weighted by molar-refractivity contribution is 0.208. The van der Waals surface area contributed by atoms with E-state index in [1.54, 1.807) is 12.4 Å². The van der Waals surface area contributed by atoms with Gasteiger partial charge in [0.15, 0.2) is 0 Å². The van der Waals surface area contributed by atoms with Crippen molar-refractivity contribution >= 4 is 17.4 Å². The minimum absolute atomic E-state index is 0.0644. The van der Waals surface area contributed by atoms with Crippen molar-refractivity contribution in [2.45, 2.75) is 13.5 Å². The number of aromatic nitrogens is 1. The number of urea groups is 1. The number of carbonyl (C=O) groups excluding carboxylic acids is 1. The van der Waals surface area contributed by atoms with Crippen LogP contribution in [0.3, 0.4) is 0 Å². The molecule has 0 radical (unpaired) electrons. The normalized spacial score (nSPS) is 13.8. The SMILES string of the molecule is Cc1cc(OCc2ccccc2)ccc1NC(=O)N1CCN(c2ccncc2)CC1. The molecule has 0 saturated carbocycles. The van der Waals surface area contributed by atoms with E-state index >= 15 is 0 Å². The highest BCUT2D eigenvalue weighted by Crippen LogP contribution is 2.23. The third kappa shape index (κ3) is 4.89. The number of nitrogens with zero attached hydrogens (tertiary/aromatic N) is 3. The van der Waals surface area contributed by atoms with Gasteiger partial charge < -0.3 is 19.9 Å². The van der Waals surface area contributed by atoms with Gasteiger partial charge in [-0.2, -0.15) is 0 Å². The Morgan fingerprint density at radius 2 is 1.73 bits per heavy atom. The van der Waals surface area contributed by atoms with Crippen LogP contribution in [0, 0.1) is 6.92 Å². The molecule has 4 rings (SSSR count). The highest BCUT2D eigenvalue weighted by Gasteiger charge is 2.21. The van der Waals surface area contributed by atoms with Crippen molar-refractivity contribution in [2.24, 2.45) is 0 Å². The summed E-state index contributed by atoms with van der Waals surface area (Å²) in [6.07, 6.45) is 3.59. The second-order valence-corrected chi connectivity index (χ2v) is 7.36. The first-order valence-electron chi connectivity index (χ1n) is 10.2. The molecule has 2 amide bonds. The Hall–Kier alpha value is -3.54. The van der Waals surface area contributed by atoms with E-state index in [4.69, 9.17) is 4.74 Å². The van der Waals surface area contributed by atoms with E-state index in [1.807, 2.05) is 72.5 Å². The Bertz CT molecular complexity index is 971. The highest BCUT2D eigenvalue weighted by molar-refractivity contribution is 5.90. The monoisotopic (exact) mass is 402 g/mol. The van der Waals surface area contributed by atoms with E-state index in [-0.39, 0.29) is 6.03 Å². The standard InChI is InChI=1S/C24H26N4O2/c1-19-17-22(30-18-20-5-3-2-4-6-20)7-8-23(19)26-24(29)28-15-13-27(14-16-28)21-9-11-25-12-10-21/h2-12,17H,13-16,18H2,1H3,(H,26,29). The number of ether oxygens (including phenoxy) is 1. The number of benzene rings is 2. The molecular weight excluding hydrogens is 376 g/mol. The van der Waals surface area contributed by atoms with Crippen molar-refractivity contribution in [3.05, 3.63) is 84.2 Å². The summed E-state index contributed by atoms with van der Waals surface area (Å²) >= 11 is 0. The van der Waals surface area contributed by atoms with Crippen molar-refractivity contribution in [3.63, 3.8) is 0 Å². The fourth-order valence-electron chi connectivity index (χ4n) is 3.52. The number of carbonyl (C=O) groups is 1. The molecule has 1 aliphatic heterocycles. The van der Waals surface area contributed by atoms with Crippen molar-refractivity contribution < 1.29 is 9.53 Å². The van der Waals surface area contributed by atoms with Crippen LogP contribution in [0.1, 0.15) is 11.1 Å². The van der Waals surface area contributed by atoms with E-state index in [0.717, 1.165) is 41.3 Å². The number of anilines is 2. The third-order valence-corrected chi connectivity index (χ3v) is 5.28. The average molecular weight is 402 g/mol. The zero-order chi connectivity index (χ0) is 20.8. The molecule has 6 nitrogen and oxygen atoms in total. The Labute approximate surface area is 177 Å². The first kappa shape index (κ1) is 19.8. The van der Waals surface area contributed by atoms with Crippen molar-refractivity contribution in [2.75, 3.05) is 36.4 Å². The number of aryl methyl sites for hydroxylation is 1. The van der Waals surface area contributed by atoms with E-state index in [1.165, 1.54) is 0 Å². The van der Waals surface area contributed by atoms with Gasteiger partial charge in [0.2, 0.25) is 0 Å². The highest BCUT2D eigenvalue weighted by atomic mass is 16.5. The van der Waals surface area contributed by atoms with Crippen LogP contribution in [0.4, 0.5) is 16.2 Å². The second-order valence-electron chi connectivity index (χ2n) is 7.36. The summed E-state index contributed by atoms with van der Waals surface area (Å²) in [6, 6.07) is 19.8. The van der Waals surface area contributed by atoms with Gasteiger partial charge in [0.25, 0.3) is 0 Å². The summed E-state index contributed by atoms with van der Waals surface area (Å²) in [5, 5.41) is 3.04. The molecule has 1 fully saturated rings. The average Bonchev–Trinajstić information content (AvgIpc) is 2.80. The molecule has 0 spiro atoms. The Balaban J connectivity index is 1.30. The molecule has 0 aliphatic carbocycles. The van der Waals surface area contributed by atoms with Gasteiger partial charge in [-0.3, -0.25) is 4.98 Å². The van der Waals surface area contributed by atoms with Gasteiger partial charge in [0.05, 0.1) is 0 Å². The summed E-state index contributed by atoms with van der Waals surface area (Å²) in [4.78, 5) is 20.9. The largest absolute Gasteiger partial charge is 0.489 e. The molecule has 1 saturated heterocycles. The molecule has 30 heavy (non-hydrogen) atoms. The van der Waals surface area contributed by atoms with Gasteiger partial charge in [-0.15, -0.1) is 0 Å². The summed E-state index contributed by atoms with van der Waals surface area (Å²) < 4.78 is 5.87. The number of amides is 2. The smallest absolute Gasteiger partial charge is 0.321 e. The van der Waals surface area contributed by atoms with Crippen molar-refractivity contribution in [3.8, 4) is 5.75 Å². The summed E-state index contributed by atoms with van der Waals surface area (Å²) in [6.45, 7) is 5.49. The van der Waals surface area contributed by atoms with Gasteiger partial charge in [-0.1, -0.05) is 30.3 Å². The molecule has 6 heteroatoms. The first-order valence-corrected chi connectivity index (χ1v) is 10.2. The van der Waals surface area contributed by atoms with Crippen molar-refractivity contribution in [1.82, 2.24) is 9.88 Å². The predicted octanol–water partition coefficient (Wildman–Crippen LogP) is 4.32. The molecule has 2 heterocycles. The topological polar surface area (TPSA) is 57.7 Å². The maximum Gasteiger partial charge on any atom is 0.321 e. The van der Waals surface area contributed by atoms with E-state index < -0.39 is 0 Å². The fraction of sp³-hybridized carbons (Fsp3) is 0.250. The first-order chi connectivity index (χ1) is 14.7. The van der Waals surface area contributed by atoms with Crippen LogP contribution in [0.25, 0.3) is 0 Å². The van der Waals surface area contributed by atoms with Crippen LogP contribution >= 0.6 is 0 Å². The molecule has 2 aromatic carbocycles. The zero-order valence-electron chi connectivity index (χ0n) is 17.1. The zero-order valence-corrected chi connectivity index (χ0v) is 17.1. The van der Waals surface area contributed by atoms with E-state index in [2.05, 4.69) is 15.2 Å². The summed E-state index contributed by atoms with van der Waals surface area (Å²) in [7, 11) is 0. The van der Waals surface area contributed by atoms with Crippen molar-refractivity contribution in [1.29, 1.82) is 0 Å².